The number of H-pyrrole nitrogens is 2. The molecule has 38 heavy (non-hydrogen) atoms. The first-order chi connectivity index (χ1) is 18.3. The van der Waals surface area contributed by atoms with Crippen LogP contribution in [-0.4, -0.2) is 36.0 Å². The smallest absolute Gasteiger partial charge is 0.229 e. The van der Waals surface area contributed by atoms with Gasteiger partial charge in [0.15, 0.2) is 5.65 Å². The molecular weight excluding hydrogens is 481 g/mol. The Morgan fingerprint density at radius 2 is 1.76 bits per heavy atom. The van der Waals surface area contributed by atoms with Crippen LogP contribution in [0.3, 0.4) is 0 Å². The number of aromatic nitrogens is 6. The van der Waals surface area contributed by atoms with Gasteiger partial charge in [-0.3, -0.25) is 19.9 Å². The summed E-state index contributed by atoms with van der Waals surface area (Å²) in [6.07, 6.45) is 6.73. The molecule has 9 heteroatoms. The molecule has 8 nitrogen and oxygen atoms in total. The first-order valence-electron chi connectivity index (χ1n) is 12.1. The number of aromatic amines is 2. The summed E-state index contributed by atoms with van der Waals surface area (Å²) in [7, 11) is 0. The van der Waals surface area contributed by atoms with Gasteiger partial charge < -0.3 is 10.3 Å². The van der Waals surface area contributed by atoms with Crippen molar-refractivity contribution in [3.05, 3.63) is 79.1 Å². The molecule has 0 aliphatic rings. The molecule has 0 unspecified atom stereocenters. The Labute approximate surface area is 217 Å². The van der Waals surface area contributed by atoms with E-state index in [1.807, 2.05) is 45.0 Å². The molecule has 5 heterocycles. The molecule has 0 spiro atoms. The number of carbonyl (C=O) groups is 1. The van der Waals surface area contributed by atoms with Crippen LogP contribution in [0.5, 0.6) is 0 Å². The van der Waals surface area contributed by atoms with Crippen LogP contribution in [0.25, 0.3) is 55.7 Å². The number of hydrogen-bond acceptors (Lipinski definition) is 5. The molecule has 0 atom stereocenters. The molecule has 6 rings (SSSR count). The fraction of sp³-hybridized carbons (Fsp3) is 0.138. The van der Waals surface area contributed by atoms with E-state index in [4.69, 9.17) is 0 Å². The number of fused-ring (bicyclic) bond motifs is 2. The number of anilines is 1. The van der Waals surface area contributed by atoms with Crippen LogP contribution in [0.1, 0.15) is 20.8 Å². The zero-order chi connectivity index (χ0) is 26.4. The van der Waals surface area contributed by atoms with E-state index >= 15 is 0 Å². The molecule has 0 radical (unpaired) electrons. The number of nitrogens with zero attached hydrogens (tertiary/aromatic N) is 4. The van der Waals surface area contributed by atoms with Gasteiger partial charge in [0.25, 0.3) is 0 Å². The monoisotopic (exact) mass is 505 g/mol. The maximum absolute atomic E-state index is 14.6. The summed E-state index contributed by atoms with van der Waals surface area (Å²) in [5.41, 5.74) is 5.62. The van der Waals surface area contributed by atoms with Crippen molar-refractivity contribution in [2.45, 2.75) is 20.8 Å². The van der Waals surface area contributed by atoms with Crippen molar-refractivity contribution in [1.82, 2.24) is 30.1 Å². The maximum Gasteiger partial charge on any atom is 0.229 e. The molecule has 3 N–H and O–H groups in total. The standard InChI is InChI=1S/C29H24FN7O/c1-29(2,3)28(38)34-18-10-16(13-31-15-18)17-11-21-26(36-37-27(21)33-14-17)24-12-20-23(35-24)8-9-32-25(20)19-6-4-5-7-22(19)30/h4-15,35H,1-3H3,(H,34,38)(H,33,36,37). The van der Waals surface area contributed by atoms with Crippen molar-refractivity contribution in [2.24, 2.45) is 5.41 Å². The highest BCUT2D eigenvalue weighted by Crippen LogP contribution is 2.34. The van der Waals surface area contributed by atoms with Gasteiger partial charge in [0.1, 0.15) is 5.82 Å². The lowest BCUT2D eigenvalue weighted by atomic mass is 9.95. The van der Waals surface area contributed by atoms with E-state index in [0.717, 1.165) is 38.8 Å². The average molecular weight is 506 g/mol. The van der Waals surface area contributed by atoms with Crippen molar-refractivity contribution in [3.63, 3.8) is 0 Å². The first-order valence-corrected chi connectivity index (χ1v) is 12.1. The SMILES string of the molecule is CC(C)(C)C(=O)Nc1cncc(-c2cnc3n[nH]c(-c4cc5c(-c6ccccc6F)nccc5[nH]4)c3c2)c1. The highest BCUT2D eigenvalue weighted by atomic mass is 19.1. The lowest BCUT2D eigenvalue weighted by Gasteiger charge is -2.17. The van der Waals surface area contributed by atoms with Crippen LogP contribution in [0, 0.1) is 11.2 Å². The minimum absolute atomic E-state index is 0.0924. The third-order valence-corrected chi connectivity index (χ3v) is 6.37. The van der Waals surface area contributed by atoms with Crippen molar-refractivity contribution >= 4 is 33.5 Å². The molecule has 1 aromatic carbocycles. The molecule has 0 fully saturated rings. The second kappa shape index (κ2) is 8.88. The topological polar surface area (TPSA) is 112 Å². The molecule has 0 saturated carbocycles. The second-order valence-corrected chi connectivity index (χ2v) is 10.1. The summed E-state index contributed by atoms with van der Waals surface area (Å²) in [6, 6.07) is 14.2. The molecule has 0 aliphatic carbocycles. The molecule has 0 bridgehead atoms. The Morgan fingerprint density at radius 1 is 0.947 bits per heavy atom. The highest BCUT2D eigenvalue weighted by Gasteiger charge is 2.21. The third-order valence-electron chi connectivity index (χ3n) is 6.37. The fourth-order valence-electron chi connectivity index (χ4n) is 4.30. The number of carbonyl (C=O) groups excluding carboxylic acids is 1. The molecule has 6 aromatic rings. The first kappa shape index (κ1) is 23.5. The Balaban J connectivity index is 1.41. The summed E-state index contributed by atoms with van der Waals surface area (Å²) >= 11 is 0. The zero-order valence-corrected chi connectivity index (χ0v) is 21.0. The van der Waals surface area contributed by atoms with Gasteiger partial charge >= 0.3 is 0 Å². The van der Waals surface area contributed by atoms with Crippen molar-refractivity contribution in [3.8, 4) is 33.8 Å². The number of halogens is 1. The Morgan fingerprint density at radius 3 is 2.58 bits per heavy atom. The Hall–Kier alpha value is -4.92. The minimum atomic E-state index is -0.524. The summed E-state index contributed by atoms with van der Waals surface area (Å²) in [4.78, 5) is 29.1. The van der Waals surface area contributed by atoms with Crippen LogP contribution in [0.4, 0.5) is 10.1 Å². The normalized spacial score (nSPS) is 11.8. The molecular formula is C29H24FN7O. The van der Waals surface area contributed by atoms with E-state index in [2.05, 4.69) is 35.5 Å². The number of nitrogens with one attached hydrogen (secondary N) is 3. The van der Waals surface area contributed by atoms with Crippen molar-refractivity contribution in [2.75, 3.05) is 5.32 Å². The summed E-state index contributed by atoms with van der Waals surface area (Å²) in [5, 5.41) is 12.0. The van der Waals surface area contributed by atoms with E-state index in [1.165, 1.54) is 6.07 Å². The Kier molecular flexibility index (Phi) is 5.48. The van der Waals surface area contributed by atoms with E-state index < -0.39 is 5.41 Å². The molecule has 1 amide bonds. The van der Waals surface area contributed by atoms with E-state index in [1.54, 1.807) is 43.0 Å². The molecule has 0 aliphatic heterocycles. The van der Waals surface area contributed by atoms with E-state index in [9.17, 15) is 9.18 Å². The number of hydrogen-bond donors (Lipinski definition) is 3. The number of benzene rings is 1. The van der Waals surface area contributed by atoms with Crippen LogP contribution in [0.2, 0.25) is 0 Å². The fourth-order valence-corrected chi connectivity index (χ4v) is 4.30. The average Bonchev–Trinajstić information content (AvgIpc) is 3.52. The predicted molar refractivity (Wildman–Crippen MR) is 146 cm³/mol. The number of rotatable bonds is 4. The maximum atomic E-state index is 14.6. The third kappa shape index (κ3) is 4.17. The van der Waals surface area contributed by atoms with E-state index in [-0.39, 0.29) is 11.7 Å². The van der Waals surface area contributed by atoms with Gasteiger partial charge in [-0.25, -0.2) is 9.37 Å². The van der Waals surface area contributed by atoms with Gasteiger partial charge in [0.05, 0.1) is 29.0 Å². The molecule has 5 aromatic heterocycles. The minimum Gasteiger partial charge on any atom is -0.353 e. The van der Waals surface area contributed by atoms with Gasteiger partial charge in [0, 0.05) is 57.0 Å². The number of pyridine rings is 3. The van der Waals surface area contributed by atoms with Gasteiger partial charge in [-0.05, 0) is 36.4 Å². The van der Waals surface area contributed by atoms with Crippen LogP contribution >= 0.6 is 0 Å². The quantitative estimate of drug-likeness (QED) is 0.258. The van der Waals surface area contributed by atoms with E-state index in [0.29, 0.717) is 22.6 Å². The Bertz CT molecular complexity index is 1830. The van der Waals surface area contributed by atoms with Gasteiger partial charge in [-0.15, -0.1) is 0 Å². The zero-order valence-electron chi connectivity index (χ0n) is 21.0. The van der Waals surface area contributed by atoms with Crippen molar-refractivity contribution < 1.29 is 9.18 Å². The van der Waals surface area contributed by atoms with Crippen LogP contribution in [0.15, 0.2) is 73.3 Å². The predicted octanol–water partition coefficient (Wildman–Crippen LogP) is 6.35. The van der Waals surface area contributed by atoms with Crippen LogP contribution < -0.4 is 5.32 Å². The lowest BCUT2D eigenvalue weighted by molar-refractivity contribution is -0.123. The second-order valence-electron chi connectivity index (χ2n) is 10.1. The largest absolute Gasteiger partial charge is 0.353 e. The van der Waals surface area contributed by atoms with Crippen LogP contribution in [-0.2, 0) is 4.79 Å². The van der Waals surface area contributed by atoms with Gasteiger partial charge in [0.2, 0.25) is 5.91 Å². The number of amides is 1. The van der Waals surface area contributed by atoms with Gasteiger partial charge in [-0.2, -0.15) is 5.10 Å². The molecule has 188 valence electrons. The summed E-state index contributed by atoms with van der Waals surface area (Å²) in [5.74, 6) is -0.421. The van der Waals surface area contributed by atoms with Gasteiger partial charge in [-0.1, -0.05) is 32.9 Å². The van der Waals surface area contributed by atoms with Crippen molar-refractivity contribution in [1.29, 1.82) is 0 Å². The summed E-state index contributed by atoms with van der Waals surface area (Å²) in [6.45, 7) is 5.58. The lowest BCUT2D eigenvalue weighted by Crippen LogP contribution is -2.27. The molecule has 0 saturated heterocycles. The highest BCUT2D eigenvalue weighted by molar-refractivity contribution is 6.00. The summed E-state index contributed by atoms with van der Waals surface area (Å²) < 4.78 is 14.6.